The Balaban J connectivity index is 0.000000561. The van der Waals surface area contributed by atoms with Crippen molar-refractivity contribution in [2.75, 3.05) is 0 Å². The summed E-state index contributed by atoms with van der Waals surface area (Å²) in [4.78, 5) is 0. The second-order valence-electron chi connectivity index (χ2n) is 5.46. The van der Waals surface area contributed by atoms with Gasteiger partial charge in [0.05, 0.1) is 0 Å². The van der Waals surface area contributed by atoms with E-state index in [0.29, 0.717) is 5.41 Å². The Labute approximate surface area is 136 Å². The molecule has 1 heterocycles. The summed E-state index contributed by atoms with van der Waals surface area (Å²) >= 11 is 0. The number of nitrogens with zero attached hydrogens (tertiary/aromatic N) is 1. The first kappa shape index (κ1) is 18.5. The molecule has 2 aliphatic rings. The van der Waals surface area contributed by atoms with E-state index in [9.17, 15) is 0 Å². The van der Waals surface area contributed by atoms with E-state index in [1.165, 1.54) is 34.7 Å². The molecule has 0 bridgehead atoms. The van der Waals surface area contributed by atoms with E-state index in [1.807, 2.05) is 27.7 Å². The van der Waals surface area contributed by atoms with Gasteiger partial charge in [-0.05, 0) is 32.3 Å². The van der Waals surface area contributed by atoms with E-state index in [2.05, 4.69) is 61.9 Å². The Hall–Kier alpha value is -1.50. The van der Waals surface area contributed by atoms with Crippen molar-refractivity contribution in [3.05, 3.63) is 34.0 Å². The van der Waals surface area contributed by atoms with Crippen LogP contribution in [0.4, 0.5) is 0 Å². The van der Waals surface area contributed by atoms with Crippen molar-refractivity contribution in [2.24, 2.45) is 12.5 Å². The van der Waals surface area contributed by atoms with Crippen molar-refractivity contribution < 1.29 is 0 Å². The molecule has 3 rings (SSSR count). The highest BCUT2D eigenvalue weighted by Gasteiger charge is 2.38. The molecule has 1 fully saturated rings. The molecular weight excluding hydrogens is 266 g/mol. The molecule has 0 saturated heterocycles. The average Bonchev–Trinajstić information content (AvgIpc) is 3.33. The normalized spacial score (nSPS) is 18.1. The number of allylic oxidation sites excluding steroid dienone is 2. The lowest BCUT2D eigenvalue weighted by Gasteiger charge is -2.00. The van der Waals surface area contributed by atoms with E-state index < -0.39 is 0 Å². The maximum absolute atomic E-state index is 2.40. The molecule has 0 aromatic carbocycles. The van der Waals surface area contributed by atoms with Crippen LogP contribution in [0.3, 0.4) is 0 Å². The van der Waals surface area contributed by atoms with Crippen molar-refractivity contribution in [3.63, 3.8) is 0 Å². The molecule has 0 atom stereocenters. The maximum Gasteiger partial charge on any atom is 0.0485 e. The Kier molecular flexibility index (Phi) is 6.93. The van der Waals surface area contributed by atoms with Gasteiger partial charge in [-0.15, -0.1) is 0 Å². The van der Waals surface area contributed by atoms with Gasteiger partial charge in [-0.2, -0.15) is 0 Å². The maximum atomic E-state index is 2.40. The van der Waals surface area contributed by atoms with Gasteiger partial charge in [0.1, 0.15) is 0 Å². The van der Waals surface area contributed by atoms with Gasteiger partial charge in [0.2, 0.25) is 0 Å². The fourth-order valence-electron chi connectivity index (χ4n) is 2.91. The van der Waals surface area contributed by atoms with E-state index in [0.717, 1.165) is 6.42 Å². The van der Waals surface area contributed by atoms with Crippen molar-refractivity contribution in [1.82, 2.24) is 4.57 Å². The van der Waals surface area contributed by atoms with Crippen molar-refractivity contribution in [2.45, 2.75) is 60.8 Å². The first-order chi connectivity index (χ1) is 10.7. The lowest BCUT2D eigenvalue weighted by Crippen LogP contribution is -2.28. The summed E-state index contributed by atoms with van der Waals surface area (Å²) in [7, 11) is 2.18. The largest absolute Gasteiger partial charge is 0.344 e. The SMILES string of the molecule is C/C=c1/c2c(n(C)/c1=C/CC)C=CC1(C=C2)CC1.CC.CC. The highest BCUT2D eigenvalue weighted by Crippen LogP contribution is 2.50. The van der Waals surface area contributed by atoms with Crippen molar-refractivity contribution in [1.29, 1.82) is 0 Å². The monoisotopic (exact) mass is 299 g/mol. The van der Waals surface area contributed by atoms with Gasteiger partial charge in [-0.1, -0.05) is 65.0 Å². The van der Waals surface area contributed by atoms with E-state index in [4.69, 9.17) is 0 Å². The summed E-state index contributed by atoms with van der Waals surface area (Å²) in [6, 6.07) is 0. The first-order valence-electron chi connectivity index (χ1n) is 8.94. The molecule has 2 aliphatic carbocycles. The molecule has 0 radical (unpaired) electrons. The molecule has 1 aromatic heterocycles. The molecule has 22 heavy (non-hydrogen) atoms. The lowest BCUT2D eigenvalue weighted by atomic mass is 10.1. The third kappa shape index (κ3) is 3.45. The Morgan fingerprint density at radius 3 is 2.18 bits per heavy atom. The van der Waals surface area contributed by atoms with Crippen LogP contribution in [0.5, 0.6) is 0 Å². The quantitative estimate of drug-likeness (QED) is 0.696. The molecule has 0 amide bonds. The molecule has 1 heteroatoms. The number of hydrogen-bond acceptors (Lipinski definition) is 0. The van der Waals surface area contributed by atoms with Gasteiger partial charge in [-0.3, -0.25) is 0 Å². The molecule has 122 valence electrons. The van der Waals surface area contributed by atoms with Crippen LogP contribution in [0.15, 0.2) is 12.2 Å². The lowest BCUT2D eigenvalue weighted by molar-refractivity contribution is 0.857. The van der Waals surface area contributed by atoms with Crippen LogP contribution in [0.25, 0.3) is 24.3 Å². The van der Waals surface area contributed by atoms with Gasteiger partial charge < -0.3 is 4.57 Å². The second-order valence-corrected chi connectivity index (χ2v) is 5.46. The molecule has 0 N–H and O–H groups in total. The molecule has 0 aliphatic heterocycles. The predicted molar refractivity (Wildman–Crippen MR) is 102 cm³/mol. The van der Waals surface area contributed by atoms with Crippen LogP contribution in [-0.2, 0) is 7.05 Å². The third-order valence-electron chi connectivity index (χ3n) is 4.23. The Morgan fingerprint density at radius 1 is 1.09 bits per heavy atom. The van der Waals surface area contributed by atoms with Crippen LogP contribution in [0.2, 0.25) is 0 Å². The summed E-state index contributed by atoms with van der Waals surface area (Å²) in [6.45, 7) is 12.3. The highest BCUT2D eigenvalue weighted by atomic mass is 14.9. The zero-order valence-electron chi connectivity index (χ0n) is 15.5. The van der Waals surface area contributed by atoms with Crippen LogP contribution in [0.1, 0.15) is 72.1 Å². The average molecular weight is 300 g/mol. The van der Waals surface area contributed by atoms with Gasteiger partial charge in [0, 0.05) is 34.3 Å². The van der Waals surface area contributed by atoms with Gasteiger partial charge in [-0.25, -0.2) is 0 Å². The number of fused-ring (bicyclic) bond motifs is 1. The van der Waals surface area contributed by atoms with Crippen molar-refractivity contribution >= 4 is 24.3 Å². The fraction of sp³-hybridized carbons (Fsp3) is 0.524. The number of rotatable bonds is 1. The van der Waals surface area contributed by atoms with Crippen LogP contribution >= 0.6 is 0 Å². The van der Waals surface area contributed by atoms with E-state index >= 15 is 0 Å². The van der Waals surface area contributed by atoms with Gasteiger partial charge >= 0.3 is 0 Å². The van der Waals surface area contributed by atoms with Crippen LogP contribution in [-0.4, -0.2) is 4.57 Å². The second kappa shape index (κ2) is 8.22. The van der Waals surface area contributed by atoms with E-state index in [1.54, 1.807) is 0 Å². The fourth-order valence-corrected chi connectivity index (χ4v) is 2.91. The smallest absolute Gasteiger partial charge is 0.0485 e. The highest BCUT2D eigenvalue weighted by molar-refractivity contribution is 5.69. The molecule has 0 unspecified atom stereocenters. The molecule has 1 aromatic rings. The summed E-state index contributed by atoms with van der Waals surface area (Å²) in [5.74, 6) is 0. The van der Waals surface area contributed by atoms with Crippen molar-refractivity contribution in [3.8, 4) is 0 Å². The minimum absolute atomic E-state index is 0.388. The standard InChI is InChI=1S/C17H21N.2C2H6/c1-4-6-15-13(5-2)14-7-9-17(11-12-17)10-8-16(14)18(15)3;2*1-2/h5-10H,4,11-12H2,1-3H3;2*1-2H3/b13-5-,15-6+;;. The van der Waals surface area contributed by atoms with Crippen LogP contribution < -0.4 is 10.6 Å². The topological polar surface area (TPSA) is 4.93 Å². The van der Waals surface area contributed by atoms with Gasteiger partial charge in [0.15, 0.2) is 0 Å². The molecule has 1 spiro atoms. The summed E-state index contributed by atoms with van der Waals surface area (Å²) in [5, 5.41) is 2.74. The molecular formula is C21H33N. The third-order valence-corrected chi connectivity index (χ3v) is 4.23. The number of hydrogen-bond donors (Lipinski definition) is 0. The predicted octanol–water partition coefficient (Wildman–Crippen LogP) is 4.89. The first-order valence-corrected chi connectivity index (χ1v) is 8.94. The summed E-state index contributed by atoms with van der Waals surface area (Å²) in [5.41, 5.74) is 3.13. The Morgan fingerprint density at radius 2 is 1.68 bits per heavy atom. The minimum Gasteiger partial charge on any atom is -0.344 e. The summed E-state index contributed by atoms with van der Waals surface area (Å²) < 4.78 is 2.33. The molecule has 1 nitrogen and oxygen atoms in total. The number of aromatic nitrogens is 1. The zero-order valence-corrected chi connectivity index (χ0v) is 15.5. The zero-order chi connectivity index (χ0) is 16.8. The van der Waals surface area contributed by atoms with Gasteiger partial charge in [0.25, 0.3) is 0 Å². The molecule has 1 saturated carbocycles. The van der Waals surface area contributed by atoms with Crippen LogP contribution in [0, 0.1) is 5.41 Å². The minimum atomic E-state index is 0.388. The Bertz CT molecular complexity index is 649. The van der Waals surface area contributed by atoms with E-state index in [-0.39, 0.29) is 0 Å². The summed E-state index contributed by atoms with van der Waals surface area (Å²) in [6.07, 6.45) is 17.7.